The molecule has 0 radical (unpaired) electrons. The first-order chi connectivity index (χ1) is 21.3. The van der Waals surface area contributed by atoms with E-state index in [9.17, 15) is 13.2 Å². The summed E-state index contributed by atoms with van der Waals surface area (Å²) in [6.07, 6.45) is 6.80. The number of fused-ring (bicyclic) bond motifs is 1. The molecule has 7 heteroatoms. The molecule has 0 bridgehead atoms. The molecule has 6 rings (SSSR count). The molecule has 44 heavy (non-hydrogen) atoms. The summed E-state index contributed by atoms with van der Waals surface area (Å²) < 4.78 is 30.3. The van der Waals surface area contributed by atoms with Gasteiger partial charge in [-0.1, -0.05) is 91.0 Å². The summed E-state index contributed by atoms with van der Waals surface area (Å²) in [5, 5.41) is 5.00. The van der Waals surface area contributed by atoms with Crippen LogP contribution < -0.4 is 10.0 Å². The SMILES string of the molecule is CC(CC(=O)NCC1CCC(c2ccccc2)(N2CCCC2)CC1)(NS(=O)(=O)c1ccc2ccccc2c1)c1ccccc1. The number of carbonyl (C=O) groups excluding carboxylic acids is 1. The van der Waals surface area contributed by atoms with Crippen molar-refractivity contribution in [3.8, 4) is 0 Å². The number of amides is 1. The van der Waals surface area contributed by atoms with Crippen molar-refractivity contribution in [2.45, 2.75) is 67.8 Å². The van der Waals surface area contributed by atoms with Gasteiger partial charge in [0.1, 0.15) is 0 Å². The van der Waals surface area contributed by atoms with Crippen LogP contribution in [0.15, 0.2) is 108 Å². The Bertz CT molecular complexity index is 1680. The summed E-state index contributed by atoms with van der Waals surface area (Å²) in [5.41, 5.74) is 1.13. The van der Waals surface area contributed by atoms with E-state index in [4.69, 9.17) is 0 Å². The third-order valence-corrected chi connectivity index (χ3v) is 11.5. The molecule has 230 valence electrons. The molecule has 4 aromatic rings. The first kappa shape index (κ1) is 30.5. The van der Waals surface area contributed by atoms with Crippen molar-refractivity contribution in [3.63, 3.8) is 0 Å². The fourth-order valence-electron chi connectivity index (χ4n) is 7.38. The lowest BCUT2D eigenvalue weighted by Crippen LogP contribution is -2.49. The van der Waals surface area contributed by atoms with Gasteiger partial charge in [0, 0.05) is 18.5 Å². The molecule has 4 aromatic carbocycles. The predicted molar refractivity (Wildman–Crippen MR) is 177 cm³/mol. The minimum Gasteiger partial charge on any atom is -0.356 e. The molecule has 1 saturated heterocycles. The van der Waals surface area contributed by atoms with Gasteiger partial charge in [0.2, 0.25) is 15.9 Å². The maximum atomic E-state index is 13.7. The Kier molecular flexibility index (Phi) is 8.90. The van der Waals surface area contributed by atoms with E-state index in [2.05, 4.69) is 45.3 Å². The zero-order valence-electron chi connectivity index (χ0n) is 25.5. The van der Waals surface area contributed by atoms with Crippen LogP contribution in [0.1, 0.15) is 63.0 Å². The lowest BCUT2D eigenvalue weighted by atomic mass is 9.71. The van der Waals surface area contributed by atoms with Crippen LogP contribution in [0.3, 0.4) is 0 Å². The van der Waals surface area contributed by atoms with Gasteiger partial charge in [0.15, 0.2) is 0 Å². The highest BCUT2D eigenvalue weighted by Crippen LogP contribution is 2.45. The van der Waals surface area contributed by atoms with Crippen molar-refractivity contribution >= 4 is 26.7 Å². The van der Waals surface area contributed by atoms with Crippen LogP contribution in [0.5, 0.6) is 0 Å². The second-order valence-corrected chi connectivity index (χ2v) is 14.5. The Morgan fingerprint density at radius 2 is 1.45 bits per heavy atom. The minimum atomic E-state index is -3.92. The summed E-state index contributed by atoms with van der Waals surface area (Å²) in [6, 6.07) is 33.1. The van der Waals surface area contributed by atoms with E-state index in [0.717, 1.165) is 55.1 Å². The van der Waals surface area contributed by atoms with E-state index in [1.165, 1.54) is 18.4 Å². The summed E-state index contributed by atoms with van der Waals surface area (Å²) in [4.78, 5) is 16.4. The number of hydrogen-bond acceptors (Lipinski definition) is 4. The van der Waals surface area contributed by atoms with Gasteiger partial charge in [-0.25, -0.2) is 13.1 Å². The van der Waals surface area contributed by atoms with Gasteiger partial charge in [-0.05, 0) is 98.5 Å². The van der Waals surface area contributed by atoms with Crippen LogP contribution in [0, 0.1) is 5.92 Å². The van der Waals surface area contributed by atoms with Crippen LogP contribution in [0.25, 0.3) is 10.8 Å². The Morgan fingerprint density at radius 1 is 0.841 bits per heavy atom. The smallest absolute Gasteiger partial charge is 0.241 e. The molecular weight excluding hydrogens is 566 g/mol. The Labute approximate surface area is 261 Å². The Morgan fingerprint density at radius 3 is 2.14 bits per heavy atom. The van der Waals surface area contributed by atoms with Gasteiger partial charge >= 0.3 is 0 Å². The normalized spacial score (nSPS) is 22.4. The highest BCUT2D eigenvalue weighted by atomic mass is 32.2. The zero-order chi connectivity index (χ0) is 30.6. The largest absolute Gasteiger partial charge is 0.356 e. The van der Waals surface area contributed by atoms with Crippen molar-refractivity contribution in [1.82, 2.24) is 14.9 Å². The van der Waals surface area contributed by atoms with Crippen LogP contribution in [-0.4, -0.2) is 38.9 Å². The standard InChI is InChI=1S/C37H43N3O3S/c1-36(32-14-4-2-5-15-32,39-44(42,43)34-19-18-30-12-8-9-13-31(30)26-34)27-35(41)38-28-29-20-22-37(23-21-29,40-24-10-11-25-40)33-16-6-3-7-17-33/h2-9,12-19,26,29,39H,10-11,20-25,27-28H2,1H3,(H,38,41). The fourth-order valence-corrected chi connectivity index (χ4v) is 8.81. The topological polar surface area (TPSA) is 78.5 Å². The quantitative estimate of drug-likeness (QED) is 0.209. The van der Waals surface area contributed by atoms with E-state index < -0.39 is 15.6 Å². The number of carbonyl (C=O) groups is 1. The van der Waals surface area contributed by atoms with Crippen molar-refractivity contribution in [2.24, 2.45) is 5.92 Å². The lowest BCUT2D eigenvalue weighted by Gasteiger charge is -2.47. The maximum Gasteiger partial charge on any atom is 0.241 e. The van der Waals surface area contributed by atoms with Gasteiger partial charge in [-0.15, -0.1) is 0 Å². The van der Waals surface area contributed by atoms with E-state index in [1.807, 2.05) is 60.7 Å². The van der Waals surface area contributed by atoms with Crippen LogP contribution >= 0.6 is 0 Å². The van der Waals surface area contributed by atoms with Crippen molar-refractivity contribution in [1.29, 1.82) is 0 Å². The molecule has 2 N–H and O–H groups in total. The molecule has 6 nitrogen and oxygen atoms in total. The molecule has 0 aromatic heterocycles. The predicted octanol–water partition coefficient (Wildman–Crippen LogP) is 6.72. The molecule has 1 saturated carbocycles. The van der Waals surface area contributed by atoms with Crippen LogP contribution in [0.4, 0.5) is 0 Å². The molecule has 2 fully saturated rings. The maximum absolute atomic E-state index is 13.7. The summed E-state index contributed by atoms with van der Waals surface area (Å²) in [6.45, 7) is 4.71. The van der Waals surface area contributed by atoms with Gasteiger partial charge < -0.3 is 5.32 Å². The summed E-state index contributed by atoms with van der Waals surface area (Å²) in [5.74, 6) is 0.243. The molecule has 2 aliphatic rings. The van der Waals surface area contributed by atoms with E-state index >= 15 is 0 Å². The lowest BCUT2D eigenvalue weighted by molar-refractivity contribution is -0.122. The molecule has 1 aliphatic carbocycles. The minimum absolute atomic E-state index is 0.00171. The second-order valence-electron chi connectivity index (χ2n) is 12.8. The van der Waals surface area contributed by atoms with Crippen molar-refractivity contribution in [3.05, 3.63) is 114 Å². The molecular formula is C37H43N3O3S. The number of sulfonamides is 1. The average Bonchev–Trinajstić information content (AvgIpc) is 3.60. The second kappa shape index (κ2) is 12.8. The number of hydrogen-bond donors (Lipinski definition) is 2. The molecule has 0 spiro atoms. The summed E-state index contributed by atoms with van der Waals surface area (Å²) in [7, 11) is -3.92. The number of likely N-dealkylation sites (tertiary alicyclic amines) is 1. The van der Waals surface area contributed by atoms with E-state index in [0.29, 0.717) is 12.5 Å². The monoisotopic (exact) mass is 609 g/mol. The number of rotatable bonds is 10. The van der Waals surface area contributed by atoms with Gasteiger partial charge in [0.25, 0.3) is 0 Å². The first-order valence-electron chi connectivity index (χ1n) is 15.9. The van der Waals surface area contributed by atoms with Gasteiger partial charge in [-0.2, -0.15) is 0 Å². The molecule has 1 unspecified atom stereocenters. The third-order valence-electron chi connectivity index (χ3n) is 9.86. The number of benzene rings is 4. The number of nitrogens with zero attached hydrogens (tertiary/aromatic N) is 1. The van der Waals surface area contributed by atoms with Gasteiger partial charge in [-0.3, -0.25) is 9.69 Å². The van der Waals surface area contributed by atoms with E-state index in [1.54, 1.807) is 19.1 Å². The van der Waals surface area contributed by atoms with Crippen LogP contribution in [-0.2, 0) is 25.9 Å². The molecule has 1 heterocycles. The first-order valence-corrected chi connectivity index (χ1v) is 17.4. The van der Waals surface area contributed by atoms with Gasteiger partial charge in [0.05, 0.1) is 10.4 Å². The Hall–Kier alpha value is -3.52. The summed E-state index contributed by atoms with van der Waals surface area (Å²) >= 11 is 0. The zero-order valence-corrected chi connectivity index (χ0v) is 26.4. The van der Waals surface area contributed by atoms with Crippen molar-refractivity contribution in [2.75, 3.05) is 19.6 Å². The Balaban J connectivity index is 1.13. The molecule has 1 aliphatic heterocycles. The van der Waals surface area contributed by atoms with Crippen LogP contribution in [0.2, 0.25) is 0 Å². The molecule has 1 atom stereocenters. The fraction of sp³-hybridized carbons (Fsp3) is 0.378. The molecule has 1 amide bonds. The third kappa shape index (κ3) is 6.46. The highest BCUT2D eigenvalue weighted by Gasteiger charge is 2.42. The van der Waals surface area contributed by atoms with E-state index in [-0.39, 0.29) is 22.8 Å². The van der Waals surface area contributed by atoms with Crippen molar-refractivity contribution < 1.29 is 13.2 Å². The average molecular weight is 610 g/mol. The highest BCUT2D eigenvalue weighted by molar-refractivity contribution is 7.89. The number of nitrogens with one attached hydrogen (secondary N) is 2.